The third-order valence-electron chi connectivity index (χ3n) is 2.86. The van der Waals surface area contributed by atoms with E-state index in [-0.39, 0.29) is 11.5 Å². The molecule has 1 aromatic rings. The van der Waals surface area contributed by atoms with E-state index in [9.17, 15) is 18.0 Å². The predicted molar refractivity (Wildman–Crippen MR) is 78.1 cm³/mol. The van der Waals surface area contributed by atoms with Gasteiger partial charge in [-0.2, -0.15) is 18.3 Å². The van der Waals surface area contributed by atoms with Crippen LogP contribution in [0.1, 0.15) is 30.0 Å². The fourth-order valence-corrected chi connectivity index (χ4v) is 1.43. The molecule has 0 radical (unpaired) electrons. The first-order valence-corrected chi connectivity index (χ1v) is 6.06. The minimum atomic E-state index is -4.69. The van der Waals surface area contributed by atoms with E-state index < -0.39 is 17.8 Å². The highest BCUT2D eigenvalue weighted by molar-refractivity contribution is 5.95. The molecule has 0 aliphatic rings. The van der Waals surface area contributed by atoms with Crippen LogP contribution in [0, 0.1) is 0 Å². The number of amides is 1. The zero-order valence-electron chi connectivity index (χ0n) is 12.2. The Kier molecular flexibility index (Phi) is 5.08. The number of hydrogen-bond acceptors (Lipinski definition) is 3. The van der Waals surface area contributed by atoms with Gasteiger partial charge >= 0.3 is 6.18 Å². The summed E-state index contributed by atoms with van der Waals surface area (Å²) in [7, 11) is 0. The fraction of sp³-hybridized carbons (Fsp3) is 0.214. The second-order valence-corrected chi connectivity index (χ2v) is 4.36. The molecule has 1 amide bonds. The predicted octanol–water partition coefficient (Wildman–Crippen LogP) is 3.24. The smallest absolute Gasteiger partial charge is 0.324 e. The average Bonchev–Trinajstić information content (AvgIpc) is 2.90. The first-order valence-electron chi connectivity index (χ1n) is 6.06. The lowest BCUT2D eigenvalue weighted by Gasteiger charge is -2.09. The summed E-state index contributed by atoms with van der Waals surface area (Å²) >= 11 is 0. The molecule has 22 heavy (non-hydrogen) atoms. The summed E-state index contributed by atoms with van der Waals surface area (Å²) in [6.45, 7) is 13.4. The van der Waals surface area contributed by atoms with Gasteiger partial charge in [-0.05, 0) is 26.1 Å². The first-order chi connectivity index (χ1) is 10.1. The number of halogens is 3. The highest BCUT2D eigenvalue weighted by Gasteiger charge is 2.36. The molecule has 1 N–H and O–H groups in total. The number of nitrogens with one attached hydrogen (secondary N) is 1. The Bertz CT molecular complexity index is 668. The maximum atomic E-state index is 12.8. The van der Waals surface area contributed by atoms with Crippen molar-refractivity contribution in [1.82, 2.24) is 15.1 Å². The first kappa shape index (κ1) is 17.4. The number of rotatable bonds is 5. The molecule has 0 atom stereocenters. The molecule has 0 aliphatic carbocycles. The van der Waals surface area contributed by atoms with Crippen molar-refractivity contribution in [3.63, 3.8) is 0 Å². The summed E-state index contributed by atoms with van der Waals surface area (Å²) in [5.74, 6) is -0.964. The minimum absolute atomic E-state index is 0.192. The van der Waals surface area contributed by atoms with Crippen LogP contribution in [0.4, 0.5) is 13.2 Å². The van der Waals surface area contributed by atoms with Crippen molar-refractivity contribution in [3.05, 3.63) is 48.0 Å². The zero-order valence-corrected chi connectivity index (χ0v) is 12.2. The minimum Gasteiger partial charge on any atom is -0.324 e. The summed E-state index contributed by atoms with van der Waals surface area (Å²) in [6.07, 6.45) is -3.18. The number of allylic oxidation sites excluding steroid dienone is 3. The Morgan fingerprint density at radius 3 is 2.50 bits per heavy atom. The summed E-state index contributed by atoms with van der Waals surface area (Å²) in [5.41, 5.74) is -0.430. The summed E-state index contributed by atoms with van der Waals surface area (Å²) in [4.78, 5) is 15.6. The standard InChI is InChI=1S/C14H15F3N4O/c1-6-8(2)9(3)19-13(22)11-7-12(14(15,16)17)20-21(11)10(4)18-5/h6-7H,1,4-5H2,2-3H3,(H,19,22)/b9-8+. The molecule has 0 aromatic carbocycles. The van der Waals surface area contributed by atoms with Crippen molar-refractivity contribution in [2.75, 3.05) is 0 Å². The van der Waals surface area contributed by atoms with Gasteiger partial charge in [0.15, 0.2) is 5.69 Å². The molecule has 0 spiro atoms. The van der Waals surface area contributed by atoms with E-state index in [0.29, 0.717) is 22.0 Å². The van der Waals surface area contributed by atoms with Crippen molar-refractivity contribution in [1.29, 1.82) is 0 Å². The van der Waals surface area contributed by atoms with Gasteiger partial charge in [0, 0.05) is 11.8 Å². The third-order valence-corrected chi connectivity index (χ3v) is 2.86. The van der Waals surface area contributed by atoms with Crippen LogP contribution in [0.2, 0.25) is 0 Å². The van der Waals surface area contributed by atoms with Crippen LogP contribution in [0.25, 0.3) is 5.82 Å². The molecule has 0 aliphatic heterocycles. The van der Waals surface area contributed by atoms with Gasteiger partial charge < -0.3 is 5.32 Å². The van der Waals surface area contributed by atoms with Crippen LogP contribution in [0.3, 0.4) is 0 Å². The van der Waals surface area contributed by atoms with Gasteiger partial charge in [0.05, 0.1) is 0 Å². The largest absolute Gasteiger partial charge is 0.435 e. The van der Waals surface area contributed by atoms with E-state index in [4.69, 9.17) is 0 Å². The molecule has 0 saturated heterocycles. The van der Waals surface area contributed by atoms with E-state index in [0.717, 1.165) is 0 Å². The lowest BCUT2D eigenvalue weighted by atomic mass is 10.2. The number of alkyl halides is 3. The Morgan fingerprint density at radius 2 is 2.05 bits per heavy atom. The summed E-state index contributed by atoms with van der Waals surface area (Å²) in [5, 5.41) is 5.78. The highest BCUT2D eigenvalue weighted by Crippen LogP contribution is 2.29. The molecule has 0 saturated carbocycles. The number of aromatic nitrogens is 2. The molecule has 0 fully saturated rings. The highest BCUT2D eigenvalue weighted by atomic mass is 19.4. The lowest BCUT2D eigenvalue weighted by molar-refractivity contribution is -0.141. The van der Waals surface area contributed by atoms with Crippen molar-refractivity contribution in [2.45, 2.75) is 20.0 Å². The van der Waals surface area contributed by atoms with Crippen LogP contribution in [0.15, 0.2) is 41.6 Å². The van der Waals surface area contributed by atoms with E-state index in [2.05, 4.69) is 35.3 Å². The Morgan fingerprint density at radius 1 is 1.45 bits per heavy atom. The molecule has 0 bridgehead atoms. The molecule has 118 valence electrons. The number of nitrogens with zero attached hydrogens (tertiary/aromatic N) is 3. The number of aliphatic imine (C=N–C) groups is 1. The van der Waals surface area contributed by atoms with Gasteiger partial charge in [0.2, 0.25) is 0 Å². The monoisotopic (exact) mass is 312 g/mol. The van der Waals surface area contributed by atoms with Crippen molar-refractivity contribution >= 4 is 18.4 Å². The third kappa shape index (κ3) is 3.72. The second kappa shape index (κ2) is 6.42. The number of carbonyl (C=O) groups excluding carboxylic acids is 1. The maximum Gasteiger partial charge on any atom is 0.435 e. The Balaban J connectivity index is 3.30. The Labute approximate surface area is 125 Å². The van der Waals surface area contributed by atoms with E-state index in [1.807, 2.05) is 0 Å². The van der Waals surface area contributed by atoms with E-state index in [1.54, 1.807) is 13.8 Å². The normalized spacial score (nSPS) is 12.4. The van der Waals surface area contributed by atoms with Crippen LogP contribution in [-0.4, -0.2) is 22.4 Å². The molecular weight excluding hydrogens is 297 g/mol. The van der Waals surface area contributed by atoms with E-state index in [1.165, 1.54) is 6.08 Å². The van der Waals surface area contributed by atoms with E-state index >= 15 is 0 Å². The van der Waals surface area contributed by atoms with Crippen molar-refractivity contribution in [2.24, 2.45) is 4.99 Å². The molecule has 0 unspecified atom stereocenters. The van der Waals surface area contributed by atoms with Crippen LogP contribution in [0.5, 0.6) is 0 Å². The molecular formula is C14H15F3N4O. The van der Waals surface area contributed by atoms with Crippen LogP contribution < -0.4 is 5.32 Å². The van der Waals surface area contributed by atoms with Gasteiger partial charge in [0.1, 0.15) is 11.5 Å². The van der Waals surface area contributed by atoms with Gasteiger partial charge in [-0.15, -0.1) is 0 Å². The molecule has 8 heteroatoms. The maximum absolute atomic E-state index is 12.8. The number of hydrogen-bond donors (Lipinski definition) is 1. The van der Waals surface area contributed by atoms with Crippen LogP contribution in [-0.2, 0) is 6.18 Å². The SMILES string of the molecule is C=C/C(C)=C(\C)NC(=O)c1cc(C(F)(F)F)nn1C(=C)N=C. The van der Waals surface area contributed by atoms with Crippen molar-refractivity contribution in [3.8, 4) is 0 Å². The topological polar surface area (TPSA) is 59.3 Å². The molecule has 5 nitrogen and oxygen atoms in total. The number of carbonyl (C=O) groups is 1. The summed E-state index contributed by atoms with van der Waals surface area (Å²) in [6, 6.07) is 0.627. The quantitative estimate of drug-likeness (QED) is 0.670. The van der Waals surface area contributed by atoms with Crippen molar-refractivity contribution < 1.29 is 18.0 Å². The zero-order chi connectivity index (χ0) is 17.1. The van der Waals surface area contributed by atoms with Gasteiger partial charge in [-0.1, -0.05) is 19.2 Å². The molecule has 1 heterocycles. The van der Waals surface area contributed by atoms with Crippen LogP contribution >= 0.6 is 0 Å². The summed E-state index contributed by atoms with van der Waals surface area (Å²) < 4.78 is 38.9. The molecule has 1 aromatic heterocycles. The van der Waals surface area contributed by atoms with Gasteiger partial charge in [-0.25, -0.2) is 9.67 Å². The second-order valence-electron chi connectivity index (χ2n) is 4.36. The Hall–Kier alpha value is -2.64. The van der Waals surface area contributed by atoms with Gasteiger partial charge in [0.25, 0.3) is 5.91 Å². The lowest BCUT2D eigenvalue weighted by Crippen LogP contribution is -2.25. The average molecular weight is 312 g/mol. The van der Waals surface area contributed by atoms with Gasteiger partial charge in [-0.3, -0.25) is 4.79 Å². The fourth-order valence-electron chi connectivity index (χ4n) is 1.43. The molecule has 1 rings (SSSR count).